The molecule has 0 N–H and O–H groups in total. The standard InChI is InChI=1S/C35H24N4/c1-3-13-27(14-4-1)33-36-34(28-15-5-2-6-16-28)38-35(37-33)29-21-23-30(24-22-29)39-31-17-9-7-11-25(31)19-20-26-12-8-10-18-32(26)39/h1-24H. The minimum atomic E-state index is 0.646. The van der Waals surface area contributed by atoms with Gasteiger partial charge < -0.3 is 4.90 Å². The van der Waals surface area contributed by atoms with Crippen molar-refractivity contribution in [2.24, 2.45) is 0 Å². The Labute approximate surface area is 227 Å². The van der Waals surface area contributed by atoms with E-state index >= 15 is 0 Å². The first kappa shape index (κ1) is 22.8. The lowest BCUT2D eigenvalue weighted by atomic mass is 10.1. The monoisotopic (exact) mass is 500 g/mol. The number of benzene rings is 5. The highest BCUT2D eigenvalue weighted by atomic mass is 15.1. The number of para-hydroxylation sites is 2. The van der Waals surface area contributed by atoms with Gasteiger partial charge in [0.1, 0.15) is 0 Å². The number of nitrogens with zero attached hydrogens (tertiary/aromatic N) is 4. The molecule has 2 heterocycles. The fourth-order valence-corrected chi connectivity index (χ4v) is 4.95. The maximum absolute atomic E-state index is 4.88. The van der Waals surface area contributed by atoms with Crippen LogP contribution in [-0.4, -0.2) is 15.0 Å². The topological polar surface area (TPSA) is 41.9 Å². The van der Waals surface area contributed by atoms with E-state index in [0.29, 0.717) is 17.5 Å². The van der Waals surface area contributed by atoms with Crippen molar-refractivity contribution in [2.45, 2.75) is 0 Å². The molecule has 0 aliphatic carbocycles. The third-order valence-electron chi connectivity index (χ3n) is 6.88. The second-order valence-electron chi connectivity index (χ2n) is 9.37. The summed E-state index contributed by atoms with van der Waals surface area (Å²) in [6.45, 7) is 0. The first-order valence-electron chi connectivity index (χ1n) is 13.0. The fourth-order valence-electron chi connectivity index (χ4n) is 4.95. The summed E-state index contributed by atoms with van der Waals surface area (Å²) >= 11 is 0. The van der Waals surface area contributed by atoms with Gasteiger partial charge in [0.15, 0.2) is 17.5 Å². The third-order valence-corrected chi connectivity index (χ3v) is 6.88. The number of rotatable bonds is 4. The molecule has 0 radical (unpaired) electrons. The number of hydrogen-bond donors (Lipinski definition) is 0. The molecule has 1 aromatic heterocycles. The minimum absolute atomic E-state index is 0.646. The molecule has 0 amide bonds. The maximum atomic E-state index is 4.88. The Hall–Kier alpha value is -5.35. The first-order chi connectivity index (χ1) is 19.3. The molecule has 1 aliphatic rings. The second kappa shape index (κ2) is 9.84. The van der Waals surface area contributed by atoms with E-state index < -0.39 is 0 Å². The van der Waals surface area contributed by atoms with E-state index in [2.05, 4.69) is 89.8 Å². The number of anilines is 3. The number of aromatic nitrogens is 3. The lowest BCUT2D eigenvalue weighted by Crippen LogP contribution is -2.11. The van der Waals surface area contributed by atoms with E-state index in [4.69, 9.17) is 15.0 Å². The summed E-state index contributed by atoms with van der Waals surface area (Å²) in [4.78, 5) is 16.9. The second-order valence-corrected chi connectivity index (χ2v) is 9.37. The smallest absolute Gasteiger partial charge is 0.164 e. The van der Waals surface area contributed by atoms with Crippen molar-refractivity contribution >= 4 is 29.2 Å². The van der Waals surface area contributed by atoms with Crippen molar-refractivity contribution in [1.29, 1.82) is 0 Å². The van der Waals surface area contributed by atoms with Crippen LogP contribution in [0.3, 0.4) is 0 Å². The number of fused-ring (bicyclic) bond motifs is 2. The summed E-state index contributed by atoms with van der Waals surface area (Å²) in [7, 11) is 0. The Morgan fingerprint density at radius 2 is 0.744 bits per heavy atom. The van der Waals surface area contributed by atoms with Gasteiger partial charge in [-0.25, -0.2) is 15.0 Å². The number of hydrogen-bond acceptors (Lipinski definition) is 4. The fraction of sp³-hybridized carbons (Fsp3) is 0. The molecule has 0 fully saturated rings. The maximum Gasteiger partial charge on any atom is 0.164 e. The molecular weight excluding hydrogens is 476 g/mol. The molecule has 39 heavy (non-hydrogen) atoms. The molecule has 4 heteroatoms. The molecule has 4 nitrogen and oxygen atoms in total. The van der Waals surface area contributed by atoms with Gasteiger partial charge in [0, 0.05) is 22.4 Å². The van der Waals surface area contributed by atoms with Crippen LogP contribution in [-0.2, 0) is 0 Å². The lowest BCUT2D eigenvalue weighted by Gasteiger charge is -2.27. The highest BCUT2D eigenvalue weighted by molar-refractivity contribution is 5.93. The molecule has 1 aliphatic heterocycles. The van der Waals surface area contributed by atoms with E-state index in [1.54, 1.807) is 0 Å². The van der Waals surface area contributed by atoms with Crippen molar-refractivity contribution in [3.63, 3.8) is 0 Å². The van der Waals surface area contributed by atoms with E-state index in [1.807, 2.05) is 60.7 Å². The van der Waals surface area contributed by atoms with Crippen molar-refractivity contribution in [3.8, 4) is 34.2 Å². The van der Waals surface area contributed by atoms with Crippen molar-refractivity contribution in [2.75, 3.05) is 4.90 Å². The van der Waals surface area contributed by atoms with Gasteiger partial charge in [0.25, 0.3) is 0 Å². The predicted molar refractivity (Wildman–Crippen MR) is 160 cm³/mol. The average molecular weight is 501 g/mol. The van der Waals surface area contributed by atoms with E-state index in [9.17, 15) is 0 Å². The van der Waals surface area contributed by atoms with Gasteiger partial charge in [-0.1, -0.05) is 109 Å². The highest BCUT2D eigenvalue weighted by Gasteiger charge is 2.20. The van der Waals surface area contributed by atoms with Crippen molar-refractivity contribution in [3.05, 3.63) is 145 Å². The summed E-state index contributed by atoms with van der Waals surface area (Å²) < 4.78 is 0. The lowest BCUT2D eigenvalue weighted by molar-refractivity contribution is 1.07. The van der Waals surface area contributed by atoms with Crippen LogP contribution < -0.4 is 4.90 Å². The third kappa shape index (κ3) is 4.38. The van der Waals surface area contributed by atoms with Crippen LogP contribution >= 0.6 is 0 Å². The molecule has 5 aromatic carbocycles. The van der Waals surface area contributed by atoms with Gasteiger partial charge in [0.2, 0.25) is 0 Å². The van der Waals surface area contributed by atoms with Crippen LogP contribution in [0.1, 0.15) is 11.1 Å². The molecule has 0 saturated carbocycles. The molecule has 0 saturated heterocycles. The summed E-state index contributed by atoms with van der Waals surface area (Å²) in [6, 6.07) is 45.6. The molecule has 184 valence electrons. The normalized spacial score (nSPS) is 11.9. The Morgan fingerprint density at radius 1 is 0.359 bits per heavy atom. The van der Waals surface area contributed by atoms with Gasteiger partial charge in [0.05, 0.1) is 11.4 Å². The zero-order valence-corrected chi connectivity index (χ0v) is 21.1. The minimum Gasteiger partial charge on any atom is -0.309 e. The molecule has 7 rings (SSSR count). The molecule has 0 unspecified atom stereocenters. The van der Waals surface area contributed by atoms with Crippen LogP contribution in [0.4, 0.5) is 17.1 Å². The highest BCUT2D eigenvalue weighted by Crippen LogP contribution is 2.42. The average Bonchev–Trinajstić information content (AvgIpc) is 3.19. The molecule has 0 atom stereocenters. The summed E-state index contributed by atoms with van der Waals surface area (Å²) in [6.07, 6.45) is 4.37. The van der Waals surface area contributed by atoms with Crippen LogP contribution in [0.2, 0.25) is 0 Å². The van der Waals surface area contributed by atoms with Gasteiger partial charge in [-0.15, -0.1) is 0 Å². The molecule has 6 aromatic rings. The summed E-state index contributed by atoms with van der Waals surface area (Å²) in [5.41, 5.74) is 8.56. The van der Waals surface area contributed by atoms with Gasteiger partial charge in [-0.3, -0.25) is 0 Å². The zero-order chi connectivity index (χ0) is 26.0. The Morgan fingerprint density at radius 3 is 1.21 bits per heavy atom. The summed E-state index contributed by atoms with van der Waals surface area (Å²) in [5, 5.41) is 0. The van der Waals surface area contributed by atoms with Crippen molar-refractivity contribution < 1.29 is 0 Å². The largest absolute Gasteiger partial charge is 0.309 e. The zero-order valence-electron chi connectivity index (χ0n) is 21.1. The van der Waals surface area contributed by atoms with Crippen LogP contribution in [0, 0.1) is 0 Å². The Kier molecular flexibility index (Phi) is 5.76. The van der Waals surface area contributed by atoms with Crippen LogP contribution in [0.15, 0.2) is 133 Å². The van der Waals surface area contributed by atoms with Gasteiger partial charge in [-0.2, -0.15) is 0 Å². The molecular formula is C35H24N4. The molecule has 0 spiro atoms. The SMILES string of the molecule is C1=Cc2ccccc2N(c2ccc(-c3nc(-c4ccccc4)nc(-c4ccccc4)n3)cc2)c2ccccc21. The molecule has 0 bridgehead atoms. The quantitative estimate of drug-likeness (QED) is 0.242. The van der Waals surface area contributed by atoms with Gasteiger partial charge >= 0.3 is 0 Å². The van der Waals surface area contributed by atoms with Gasteiger partial charge in [-0.05, 0) is 47.5 Å². The Balaban J connectivity index is 1.33. The van der Waals surface area contributed by atoms with E-state index in [-0.39, 0.29) is 0 Å². The van der Waals surface area contributed by atoms with E-state index in [1.165, 1.54) is 11.1 Å². The first-order valence-corrected chi connectivity index (χ1v) is 13.0. The van der Waals surface area contributed by atoms with Crippen LogP contribution in [0.25, 0.3) is 46.3 Å². The van der Waals surface area contributed by atoms with E-state index in [0.717, 1.165) is 33.8 Å². The summed E-state index contributed by atoms with van der Waals surface area (Å²) in [5.74, 6) is 1.96. The Bertz CT molecular complexity index is 1690. The predicted octanol–water partition coefficient (Wildman–Crippen LogP) is 8.83. The van der Waals surface area contributed by atoms with Crippen LogP contribution in [0.5, 0.6) is 0 Å². The van der Waals surface area contributed by atoms with Crippen molar-refractivity contribution in [1.82, 2.24) is 15.0 Å².